The standard InChI is InChI=1S/C63H48N4/c1-4-42(40-55-46(5-2)48-31-17-19-35-52(48)63(55)53-36-20-22-39-57(53)67-56-38-21-18-32-49(56)51-34-23-37-54(63)59(51)67)58(50-33-16-15-30-47(50)43-24-9-6-10-25-43)41(3)60-64-61(44-26-11-7-12-27-44)66-62(65-60)45-28-13-8-14-29-45/h6-40H,4-5H2,1-3H3/b42-40+,58-41+. The van der Waals surface area contributed by atoms with Crippen molar-refractivity contribution >= 4 is 38.5 Å². The molecular formula is C63H48N4. The number of para-hydroxylation sites is 3. The Kier molecular flexibility index (Phi) is 9.83. The van der Waals surface area contributed by atoms with Gasteiger partial charge in [0.1, 0.15) is 0 Å². The predicted molar refractivity (Wildman–Crippen MR) is 278 cm³/mol. The normalized spacial score (nSPS) is 15.5. The van der Waals surface area contributed by atoms with Crippen LogP contribution < -0.4 is 0 Å². The first-order chi connectivity index (χ1) is 33.1. The van der Waals surface area contributed by atoms with E-state index in [4.69, 9.17) is 15.0 Å². The number of hydrogen-bond acceptors (Lipinski definition) is 3. The number of benzene rings is 8. The van der Waals surface area contributed by atoms with Crippen LogP contribution in [0.25, 0.3) is 78.1 Å². The minimum atomic E-state index is -0.602. The fourth-order valence-corrected chi connectivity index (χ4v) is 11.2. The summed E-state index contributed by atoms with van der Waals surface area (Å²) in [7, 11) is 0. The van der Waals surface area contributed by atoms with Crippen LogP contribution in [0.5, 0.6) is 0 Å². The number of aromatic nitrogens is 4. The van der Waals surface area contributed by atoms with Gasteiger partial charge < -0.3 is 4.57 Å². The van der Waals surface area contributed by atoms with Gasteiger partial charge in [0.05, 0.1) is 22.1 Å². The molecule has 0 saturated heterocycles. The molecule has 1 spiro atoms. The SMILES string of the molecule is CCC1=C(/C=C(CC)/C(=C(/C)c2nc(-c3ccccc3)nc(-c3ccccc3)n2)c2ccccc2-c2ccccc2)C2(c3ccccc31)c1ccccc1-n1c3ccccc3c3cccc2c31. The summed E-state index contributed by atoms with van der Waals surface area (Å²) in [5.74, 6) is 1.94. The smallest absolute Gasteiger partial charge is 0.164 e. The van der Waals surface area contributed by atoms with Gasteiger partial charge in [0, 0.05) is 27.5 Å². The molecule has 67 heavy (non-hydrogen) atoms. The highest BCUT2D eigenvalue weighted by molar-refractivity contribution is 6.13. The monoisotopic (exact) mass is 860 g/mol. The van der Waals surface area contributed by atoms with E-state index in [1.54, 1.807) is 0 Å². The Morgan fingerprint density at radius 2 is 1.06 bits per heavy atom. The molecule has 320 valence electrons. The summed E-state index contributed by atoms with van der Waals surface area (Å²) in [5, 5.41) is 2.54. The van der Waals surface area contributed by atoms with Gasteiger partial charge in [-0.2, -0.15) is 0 Å². The summed E-state index contributed by atoms with van der Waals surface area (Å²) in [6, 6.07) is 74.4. The molecule has 4 heteroatoms. The number of rotatable bonds is 9. The summed E-state index contributed by atoms with van der Waals surface area (Å²) >= 11 is 0. The van der Waals surface area contributed by atoms with E-state index in [0.29, 0.717) is 17.5 Å². The van der Waals surface area contributed by atoms with Crippen LogP contribution in [0.3, 0.4) is 0 Å². The third kappa shape index (κ3) is 6.24. The van der Waals surface area contributed by atoms with Gasteiger partial charge in [-0.3, -0.25) is 0 Å². The van der Waals surface area contributed by atoms with Gasteiger partial charge >= 0.3 is 0 Å². The third-order valence-corrected chi connectivity index (χ3v) is 14.1. The molecule has 0 amide bonds. The van der Waals surface area contributed by atoms with Crippen molar-refractivity contribution in [3.8, 4) is 39.6 Å². The van der Waals surface area contributed by atoms with Crippen LogP contribution in [0.4, 0.5) is 0 Å². The molecule has 1 atom stereocenters. The van der Waals surface area contributed by atoms with Crippen molar-refractivity contribution in [1.29, 1.82) is 0 Å². The number of nitrogens with zero attached hydrogens (tertiary/aromatic N) is 4. The second-order valence-corrected chi connectivity index (χ2v) is 17.6. The quantitative estimate of drug-likeness (QED) is 0.136. The zero-order valence-electron chi connectivity index (χ0n) is 37.9. The minimum absolute atomic E-state index is 0.602. The average Bonchev–Trinajstić information content (AvgIpc) is 3.89. The highest BCUT2D eigenvalue weighted by Gasteiger charge is 2.51. The number of allylic oxidation sites excluding steroid dienone is 6. The highest BCUT2D eigenvalue weighted by atomic mass is 15.0. The molecule has 0 saturated carbocycles. The first-order valence-corrected chi connectivity index (χ1v) is 23.5. The lowest BCUT2D eigenvalue weighted by Gasteiger charge is -2.40. The van der Waals surface area contributed by atoms with Crippen LogP contribution >= 0.6 is 0 Å². The number of hydrogen-bond donors (Lipinski definition) is 0. The van der Waals surface area contributed by atoms with Crippen molar-refractivity contribution in [2.75, 3.05) is 0 Å². The van der Waals surface area contributed by atoms with Gasteiger partial charge in [0.15, 0.2) is 17.5 Å². The topological polar surface area (TPSA) is 43.6 Å². The van der Waals surface area contributed by atoms with Gasteiger partial charge in [0.2, 0.25) is 0 Å². The Morgan fingerprint density at radius 1 is 0.507 bits per heavy atom. The predicted octanol–water partition coefficient (Wildman–Crippen LogP) is 15.8. The van der Waals surface area contributed by atoms with Crippen LogP contribution in [0, 0.1) is 0 Å². The first kappa shape index (κ1) is 40.3. The van der Waals surface area contributed by atoms with Crippen LogP contribution in [0.15, 0.2) is 223 Å². The van der Waals surface area contributed by atoms with E-state index < -0.39 is 5.41 Å². The molecular weight excluding hydrogens is 813 g/mol. The minimum Gasteiger partial charge on any atom is -0.309 e. The fourth-order valence-electron chi connectivity index (χ4n) is 11.2. The summed E-state index contributed by atoms with van der Waals surface area (Å²) in [5.41, 5.74) is 19.7. The molecule has 1 unspecified atom stereocenters. The third-order valence-electron chi connectivity index (χ3n) is 14.1. The maximum atomic E-state index is 5.35. The molecule has 0 radical (unpaired) electrons. The van der Waals surface area contributed by atoms with Crippen molar-refractivity contribution in [2.24, 2.45) is 0 Å². The number of fused-ring (bicyclic) bond motifs is 9. The molecule has 12 rings (SSSR count). The van der Waals surface area contributed by atoms with E-state index in [9.17, 15) is 0 Å². The zero-order valence-corrected chi connectivity index (χ0v) is 37.9. The molecule has 2 aliphatic rings. The summed E-state index contributed by atoms with van der Waals surface area (Å²) in [6.07, 6.45) is 4.21. The molecule has 2 aromatic heterocycles. The van der Waals surface area contributed by atoms with Gasteiger partial charge in [0.25, 0.3) is 0 Å². The van der Waals surface area contributed by atoms with E-state index in [0.717, 1.165) is 51.8 Å². The highest BCUT2D eigenvalue weighted by Crippen LogP contribution is 2.61. The van der Waals surface area contributed by atoms with Crippen molar-refractivity contribution in [3.63, 3.8) is 0 Å². The second-order valence-electron chi connectivity index (χ2n) is 17.6. The van der Waals surface area contributed by atoms with E-state index >= 15 is 0 Å². The maximum absolute atomic E-state index is 5.35. The summed E-state index contributed by atoms with van der Waals surface area (Å²) < 4.78 is 2.52. The van der Waals surface area contributed by atoms with E-state index in [1.807, 2.05) is 36.4 Å². The Balaban J connectivity index is 1.19. The van der Waals surface area contributed by atoms with Crippen molar-refractivity contribution < 1.29 is 0 Å². The van der Waals surface area contributed by atoms with Gasteiger partial charge in [-0.15, -0.1) is 0 Å². The van der Waals surface area contributed by atoms with E-state index in [2.05, 4.69) is 201 Å². The van der Waals surface area contributed by atoms with Crippen molar-refractivity contribution in [3.05, 3.63) is 257 Å². The molecule has 0 bridgehead atoms. The molecule has 0 fully saturated rings. The van der Waals surface area contributed by atoms with Crippen LogP contribution in [-0.2, 0) is 5.41 Å². The van der Waals surface area contributed by atoms with Gasteiger partial charge in [-0.25, -0.2) is 15.0 Å². The fraction of sp³-hybridized carbons (Fsp3) is 0.0952. The summed E-state index contributed by atoms with van der Waals surface area (Å²) in [6.45, 7) is 6.84. The lowest BCUT2D eigenvalue weighted by Crippen LogP contribution is -2.34. The Bertz CT molecular complexity index is 3590. The van der Waals surface area contributed by atoms with Crippen LogP contribution in [-0.4, -0.2) is 19.5 Å². The van der Waals surface area contributed by atoms with E-state index in [1.165, 1.54) is 66.5 Å². The molecule has 0 N–H and O–H groups in total. The average molecular weight is 861 g/mol. The molecule has 1 aliphatic carbocycles. The van der Waals surface area contributed by atoms with Crippen LogP contribution in [0.1, 0.15) is 67.3 Å². The molecule has 10 aromatic rings. The lowest BCUT2D eigenvalue weighted by molar-refractivity contribution is 0.740. The molecule has 3 heterocycles. The molecule has 1 aliphatic heterocycles. The summed E-state index contributed by atoms with van der Waals surface area (Å²) in [4.78, 5) is 15.8. The first-order valence-electron chi connectivity index (χ1n) is 23.5. The molecule has 4 nitrogen and oxygen atoms in total. The Hall–Kier alpha value is -8.21. The Labute approximate surface area is 392 Å². The zero-order chi connectivity index (χ0) is 45.1. The van der Waals surface area contributed by atoms with Crippen molar-refractivity contribution in [2.45, 2.75) is 39.0 Å². The Morgan fingerprint density at radius 3 is 1.75 bits per heavy atom. The molecule has 8 aromatic carbocycles. The largest absolute Gasteiger partial charge is 0.309 e. The van der Waals surface area contributed by atoms with E-state index in [-0.39, 0.29) is 0 Å². The maximum Gasteiger partial charge on any atom is 0.164 e. The van der Waals surface area contributed by atoms with Gasteiger partial charge in [-0.05, 0) is 93.1 Å². The second kappa shape index (κ2) is 16.3. The van der Waals surface area contributed by atoms with Crippen LogP contribution in [0.2, 0.25) is 0 Å². The van der Waals surface area contributed by atoms with Gasteiger partial charge in [-0.1, -0.05) is 214 Å². The lowest BCUT2D eigenvalue weighted by atomic mass is 9.64. The van der Waals surface area contributed by atoms with Crippen molar-refractivity contribution in [1.82, 2.24) is 19.5 Å².